The van der Waals surface area contributed by atoms with Crippen LogP contribution >= 0.6 is 0 Å². The van der Waals surface area contributed by atoms with Crippen molar-refractivity contribution in [2.75, 3.05) is 6.61 Å². The number of carbonyl (C=O) groups excluding carboxylic acids is 1. The molecule has 0 fully saturated rings. The molecule has 0 saturated carbocycles. The van der Waals surface area contributed by atoms with E-state index in [1.54, 1.807) is 31.5 Å². The summed E-state index contributed by atoms with van der Waals surface area (Å²) in [5, 5.41) is 3.15. The van der Waals surface area contributed by atoms with E-state index in [0.29, 0.717) is 12.2 Å². The Balaban J connectivity index is 1.72. The van der Waals surface area contributed by atoms with Gasteiger partial charge in [0.1, 0.15) is 12.4 Å². The highest BCUT2D eigenvalue weighted by Crippen LogP contribution is 2.19. The van der Waals surface area contributed by atoms with Gasteiger partial charge in [0.15, 0.2) is 0 Å². The molecule has 0 aliphatic carbocycles. The molecule has 4 rings (SSSR count). The number of esters is 1. The Morgan fingerprint density at radius 2 is 2.00 bits per heavy atom. The van der Waals surface area contributed by atoms with Gasteiger partial charge in [-0.2, -0.15) is 5.10 Å². The molecule has 0 spiro atoms. The Bertz CT molecular complexity index is 1000. The maximum Gasteiger partial charge on any atom is 0.346 e. The summed E-state index contributed by atoms with van der Waals surface area (Å²) in [4.78, 5) is 20.2. The topological polar surface area (TPSA) is 76.4 Å². The SMILES string of the molecule is CCOC(=O)c1ccc(-c2cn3[nH]c4nccnc4[n+]3c2)cc1. The first kappa shape index (κ1) is 13.4. The number of hydrogen-bond acceptors (Lipinski definition) is 4. The molecule has 0 aliphatic heterocycles. The molecule has 0 unspecified atom stereocenters. The lowest BCUT2D eigenvalue weighted by atomic mass is 10.1. The van der Waals surface area contributed by atoms with E-state index in [2.05, 4.69) is 15.1 Å². The lowest BCUT2D eigenvalue weighted by Gasteiger charge is -2.02. The van der Waals surface area contributed by atoms with Crippen molar-refractivity contribution in [3.05, 3.63) is 54.6 Å². The minimum absolute atomic E-state index is 0.307. The molecule has 0 radical (unpaired) electrons. The summed E-state index contributed by atoms with van der Waals surface area (Å²) < 4.78 is 8.69. The normalized spacial score (nSPS) is 11.2. The number of hydrogen-bond donors (Lipinski definition) is 1. The number of H-pyrrole nitrogens is 1. The van der Waals surface area contributed by atoms with E-state index in [-0.39, 0.29) is 5.97 Å². The van der Waals surface area contributed by atoms with Gasteiger partial charge in [-0.1, -0.05) is 16.8 Å². The molecule has 7 heteroatoms. The minimum Gasteiger partial charge on any atom is -0.462 e. The smallest absolute Gasteiger partial charge is 0.346 e. The molecule has 3 aromatic heterocycles. The van der Waals surface area contributed by atoms with Crippen LogP contribution < -0.4 is 4.52 Å². The Kier molecular flexibility index (Phi) is 3.04. The van der Waals surface area contributed by atoms with Crippen LogP contribution in [0.2, 0.25) is 0 Å². The minimum atomic E-state index is -0.307. The van der Waals surface area contributed by atoms with E-state index in [1.807, 2.05) is 33.7 Å². The molecule has 114 valence electrons. The molecular weight excluding hydrogens is 294 g/mol. The molecular formula is C16H14N5O2+. The summed E-state index contributed by atoms with van der Waals surface area (Å²) in [6.45, 7) is 2.16. The Morgan fingerprint density at radius 3 is 2.78 bits per heavy atom. The highest BCUT2D eigenvalue weighted by atomic mass is 16.5. The van der Waals surface area contributed by atoms with Crippen molar-refractivity contribution in [3.63, 3.8) is 0 Å². The van der Waals surface area contributed by atoms with Crippen LogP contribution in [0, 0.1) is 0 Å². The highest BCUT2D eigenvalue weighted by molar-refractivity contribution is 5.90. The molecule has 4 aromatic rings. The van der Waals surface area contributed by atoms with E-state index in [1.165, 1.54) is 0 Å². The van der Waals surface area contributed by atoms with Crippen LogP contribution in [0.4, 0.5) is 0 Å². The van der Waals surface area contributed by atoms with Gasteiger partial charge in [0.2, 0.25) is 0 Å². The molecule has 1 aromatic carbocycles. The van der Waals surface area contributed by atoms with Gasteiger partial charge in [0.25, 0.3) is 5.65 Å². The number of fused-ring (bicyclic) bond motifs is 3. The van der Waals surface area contributed by atoms with Crippen molar-refractivity contribution in [2.45, 2.75) is 6.92 Å². The van der Waals surface area contributed by atoms with Crippen molar-refractivity contribution < 1.29 is 14.0 Å². The van der Waals surface area contributed by atoms with Crippen LogP contribution in [0.3, 0.4) is 0 Å². The average molecular weight is 308 g/mol. The van der Waals surface area contributed by atoms with Crippen molar-refractivity contribution >= 4 is 17.3 Å². The monoisotopic (exact) mass is 308 g/mol. The number of rotatable bonds is 3. The summed E-state index contributed by atoms with van der Waals surface area (Å²) in [7, 11) is 0. The first-order valence-electron chi connectivity index (χ1n) is 7.26. The summed E-state index contributed by atoms with van der Waals surface area (Å²) >= 11 is 0. The number of benzene rings is 1. The number of carbonyl (C=O) groups is 1. The molecule has 1 N–H and O–H groups in total. The number of nitrogens with zero attached hydrogens (tertiary/aromatic N) is 4. The second-order valence-corrected chi connectivity index (χ2v) is 5.04. The Labute approximate surface area is 131 Å². The van der Waals surface area contributed by atoms with Crippen molar-refractivity contribution in [3.8, 4) is 11.1 Å². The zero-order valence-corrected chi connectivity index (χ0v) is 12.4. The Morgan fingerprint density at radius 1 is 1.22 bits per heavy atom. The number of aromatic nitrogens is 5. The average Bonchev–Trinajstić information content (AvgIpc) is 3.13. The van der Waals surface area contributed by atoms with Gasteiger partial charge in [-0.3, -0.25) is 0 Å². The molecule has 0 bridgehead atoms. The summed E-state index contributed by atoms with van der Waals surface area (Å²) in [6.07, 6.45) is 7.22. The molecule has 0 atom stereocenters. The molecule has 7 nitrogen and oxygen atoms in total. The second-order valence-electron chi connectivity index (χ2n) is 5.04. The van der Waals surface area contributed by atoms with Crippen LogP contribution in [0.1, 0.15) is 17.3 Å². The van der Waals surface area contributed by atoms with Crippen LogP contribution in [-0.4, -0.2) is 32.3 Å². The van der Waals surface area contributed by atoms with E-state index in [9.17, 15) is 4.79 Å². The number of nitrogens with one attached hydrogen (secondary N) is 1. The largest absolute Gasteiger partial charge is 0.462 e. The van der Waals surface area contributed by atoms with Gasteiger partial charge in [0, 0.05) is 5.56 Å². The van der Waals surface area contributed by atoms with Crippen LogP contribution in [0.5, 0.6) is 0 Å². The fraction of sp³-hybridized carbons (Fsp3) is 0.125. The van der Waals surface area contributed by atoms with Gasteiger partial charge in [-0.15, -0.1) is 9.50 Å². The number of aromatic amines is 1. The van der Waals surface area contributed by atoms with E-state index in [0.717, 1.165) is 22.4 Å². The second kappa shape index (κ2) is 5.20. The first-order valence-corrected chi connectivity index (χ1v) is 7.26. The van der Waals surface area contributed by atoms with Crippen LogP contribution in [0.25, 0.3) is 22.4 Å². The van der Waals surface area contributed by atoms with Gasteiger partial charge < -0.3 is 4.74 Å². The van der Waals surface area contributed by atoms with E-state index in [4.69, 9.17) is 4.74 Å². The highest BCUT2D eigenvalue weighted by Gasteiger charge is 2.15. The Hall–Kier alpha value is -3.22. The van der Waals surface area contributed by atoms with Crippen molar-refractivity contribution in [2.24, 2.45) is 0 Å². The third kappa shape index (κ3) is 2.22. The quantitative estimate of drug-likeness (QED) is 0.461. The fourth-order valence-electron chi connectivity index (χ4n) is 2.52. The summed E-state index contributed by atoms with van der Waals surface area (Å²) in [5.41, 5.74) is 4.02. The van der Waals surface area contributed by atoms with Crippen molar-refractivity contribution in [1.82, 2.24) is 19.7 Å². The maximum absolute atomic E-state index is 11.7. The van der Waals surface area contributed by atoms with Crippen LogP contribution in [-0.2, 0) is 4.74 Å². The fourth-order valence-corrected chi connectivity index (χ4v) is 2.52. The van der Waals surface area contributed by atoms with Gasteiger partial charge >= 0.3 is 11.6 Å². The van der Waals surface area contributed by atoms with E-state index < -0.39 is 0 Å². The predicted octanol–water partition coefficient (Wildman–Crippen LogP) is 1.64. The molecule has 0 saturated heterocycles. The third-order valence-electron chi connectivity index (χ3n) is 3.60. The van der Waals surface area contributed by atoms with Gasteiger partial charge in [0.05, 0.1) is 24.6 Å². The first-order chi connectivity index (χ1) is 11.3. The summed E-state index contributed by atoms with van der Waals surface area (Å²) in [5.74, 6) is -0.307. The molecule has 0 aliphatic rings. The molecule has 23 heavy (non-hydrogen) atoms. The standard InChI is InChI=1S/C16H14N5O2/c1-2-23-16(22)12-5-3-11(4-6-12)13-9-20-15-14(17-7-8-18-15)19-21(20)10-13/h3-10H,2H2,1H3,(H,17,19)/q+1. The zero-order valence-electron chi connectivity index (χ0n) is 12.4. The predicted molar refractivity (Wildman–Crippen MR) is 81.9 cm³/mol. The van der Waals surface area contributed by atoms with E-state index >= 15 is 0 Å². The van der Waals surface area contributed by atoms with Gasteiger partial charge in [-0.25, -0.2) is 9.78 Å². The molecule has 0 amide bonds. The van der Waals surface area contributed by atoms with Crippen molar-refractivity contribution in [1.29, 1.82) is 0 Å². The van der Waals surface area contributed by atoms with Crippen LogP contribution in [0.15, 0.2) is 49.1 Å². The lowest BCUT2D eigenvalue weighted by Crippen LogP contribution is -2.24. The third-order valence-corrected chi connectivity index (χ3v) is 3.60. The maximum atomic E-state index is 11.7. The van der Waals surface area contributed by atoms with Gasteiger partial charge in [-0.05, 0) is 24.6 Å². The summed E-state index contributed by atoms with van der Waals surface area (Å²) in [6, 6.07) is 7.33. The zero-order chi connectivity index (χ0) is 15.8. The molecule has 3 heterocycles. The number of ether oxygens (including phenoxy) is 1. The lowest BCUT2D eigenvalue weighted by molar-refractivity contribution is -0.594.